The van der Waals surface area contributed by atoms with Gasteiger partial charge in [0.25, 0.3) is 10.0 Å². The van der Waals surface area contributed by atoms with E-state index in [1.807, 2.05) is 38.1 Å². The van der Waals surface area contributed by atoms with E-state index < -0.39 is 28.5 Å². The maximum absolute atomic E-state index is 13.9. The van der Waals surface area contributed by atoms with Gasteiger partial charge in [-0.1, -0.05) is 82.3 Å². The molecule has 1 N–H and O–H groups in total. The number of carbonyl (C=O) groups excluding carboxylic acids is 2. The number of nitrogens with zero attached hydrogens (tertiary/aromatic N) is 2. The van der Waals surface area contributed by atoms with E-state index in [4.69, 9.17) is 23.2 Å². The molecule has 0 fully saturated rings. The Bertz CT molecular complexity index is 1450. The van der Waals surface area contributed by atoms with E-state index in [1.54, 1.807) is 19.1 Å². The second-order valence-electron chi connectivity index (χ2n) is 9.40. The Labute approximate surface area is 254 Å². The van der Waals surface area contributed by atoms with Crippen molar-refractivity contribution < 1.29 is 18.0 Å². The zero-order valence-corrected chi connectivity index (χ0v) is 26.4. The predicted molar refractivity (Wildman–Crippen MR) is 164 cm³/mol. The number of amides is 2. The Balaban J connectivity index is 2.03. The molecule has 7 nitrogen and oxygen atoms in total. The van der Waals surface area contributed by atoms with Gasteiger partial charge in [0, 0.05) is 17.6 Å². The van der Waals surface area contributed by atoms with Crippen molar-refractivity contribution in [3.8, 4) is 0 Å². The third-order valence-corrected chi connectivity index (χ3v) is 9.34. The Hall–Kier alpha value is -2.59. The first kappa shape index (κ1) is 31.9. The molecule has 0 saturated carbocycles. The number of hydrogen-bond donors (Lipinski definition) is 1. The Kier molecular flexibility index (Phi) is 11.5. The van der Waals surface area contributed by atoms with Gasteiger partial charge in [0.15, 0.2) is 0 Å². The lowest BCUT2D eigenvalue weighted by molar-refractivity contribution is -0.139. The van der Waals surface area contributed by atoms with Gasteiger partial charge < -0.3 is 10.2 Å². The van der Waals surface area contributed by atoms with Crippen molar-refractivity contribution >= 4 is 66.7 Å². The van der Waals surface area contributed by atoms with Crippen LogP contribution in [0.3, 0.4) is 0 Å². The van der Waals surface area contributed by atoms with Gasteiger partial charge >= 0.3 is 0 Å². The fraction of sp³-hybridized carbons (Fsp3) is 0.310. The van der Waals surface area contributed by atoms with Gasteiger partial charge in [0.1, 0.15) is 12.6 Å². The molecule has 0 aliphatic rings. The minimum atomic E-state index is -4.20. The number of nitrogens with one attached hydrogen (secondary N) is 1. The van der Waals surface area contributed by atoms with E-state index in [9.17, 15) is 18.0 Å². The van der Waals surface area contributed by atoms with Crippen molar-refractivity contribution in [2.75, 3.05) is 17.4 Å². The molecule has 40 heavy (non-hydrogen) atoms. The van der Waals surface area contributed by atoms with E-state index in [-0.39, 0.29) is 33.1 Å². The molecule has 0 saturated heterocycles. The lowest BCUT2D eigenvalue weighted by Crippen LogP contribution is -2.51. The summed E-state index contributed by atoms with van der Waals surface area (Å²) in [6.07, 6.45) is 1.71. The van der Waals surface area contributed by atoms with Crippen LogP contribution in [0.4, 0.5) is 5.69 Å². The van der Waals surface area contributed by atoms with Crippen LogP contribution in [0.5, 0.6) is 0 Å². The molecule has 1 atom stereocenters. The fourth-order valence-electron chi connectivity index (χ4n) is 3.96. The predicted octanol–water partition coefficient (Wildman–Crippen LogP) is 6.59. The molecule has 3 rings (SSSR count). The molecule has 0 spiro atoms. The zero-order chi connectivity index (χ0) is 29.4. The highest BCUT2D eigenvalue weighted by atomic mass is 79.9. The van der Waals surface area contributed by atoms with Crippen LogP contribution in [0.2, 0.25) is 10.0 Å². The number of carbonyl (C=O) groups is 2. The third-order valence-electron chi connectivity index (χ3n) is 6.32. The molecule has 3 aromatic rings. The van der Waals surface area contributed by atoms with Crippen molar-refractivity contribution in [1.29, 1.82) is 0 Å². The molecule has 0 aliphatic carbocycles. The van der Waals surface area contributed by atoms with E-state index in [1.165, 1.54) is 35.2 Å². The van der Waals surface area contributed by atoms with Crippen LogP contribution in [-0.4, -0.2) is 44.3 Å². The van der Waals surface area contributed by atoms with E-state index >= 15 is 0 Å². The second kappa shape index (κ2) is 14.3. The SMILES string of the molecule is CCCCNC(=O)[C@H](C)N(Cc1cccc(Br)c1)C(=O)CN(c1ccc(Cl)c(Cl)c1)S(=O)(=O)c1ccc(C)cc1. The van der Waals surface area contributed by atoms with Crippen molar-refractivity contribution in [2.24, 2.45) is 0 Å². The van der Waals surface area contributed by atoms with Gasteiger partial charge in [-0.25, -0.2) is 8.42 Å². The van der Waals surface area contributed by atoms with Gasteiger partial charge in [-0.15, -0.1) is 0 Å². The van der Waals surface area contributed by atoms with Crippen molar-refractivity contribution in [2.45, 2.75) is 51.1 Å². The summed E-state index contributed by atoms with van der Waals surface area (Å²) in [5.41, 5.74) is 1.84. The molecule has 0 aromatic heterocycles. The van der Waals surface area contributed by atoms with Crippen LogP contribution < -0.4 is 9.62 Å². The Morgan fingerprint density at radius 1 is 1.00 bits per heavy atom. The van der Waals surface area contributed by atoms with E-state index in [0.29, 0.717) is 6.54 Å². The average Bonchev–Trinajstić information content (AvgIpc) is 2.91. The van der Waals surface area contributed by atoms with Crippen molar-refractivity contribution in [3.63, 3.8) is 0 Å². The summed E-state index contributed by atoms with van der Waals surface area (Å²) in [4.78, 5) is 28.4. The van der Waals surface area contributed by atoms with E-state index in [0.717, 1.165) is 32.7 Å². The summed E-state index contributed by atoms with van der Waals surface area (Å²) in [5.74, 6) is -0.876. The first-order valence-corrected chi connectivity index (χ1v) is 15.8. The van der Waals surface area contributed by atoms with Crippen molar-refractivity contribution in [3.05, 3.63) is 92.4 Å². The van der Waals surface area contributed by atoms with Gasteiger partial charge in [-0.3, -0.25) is 13.9 Å². The van der Waals surface area contributed by atoms with Crippen LogP contribution >= 0.6 is 39.1 Å². The molecular formula is C29H32BrCl2N3O4S. The quantitative estimate of drug-likeness (QED) is 0.221. The number of unbranched alkanes of at least 4 members (excludes halogenated alkanes) is 1. The normalized spacial score (nSPS) is 12.1. The Morgan fingerprint density at radius 3 is 2.33 bits per heavy atom. The molecule has 3 aromatic carbocycles. The molecule has 0 bridgehead atoms. The summed E-state index contributed by atoms with van der Waals surface area (Å²) in [7, 11) is -4.20. The fourth-order valence-corrected chi connectivity index (χ4v) is 6.10. The minimum absolute atomic E-state index is 0.0147. The summed E-state index contributed by atoms with van der Waals surface area (Å²) < 4.78 is 29.6. The maximum Gasteiger partial charge on any atom is 0.264 e. The van der Waals surface area contributed by atoms with Gasteiger partial charge in [-0.05, 0) is 68.3 Å². The number of rotatable bonds is 12. The van der Waals surface area contributed by atoms with Gasteiger partial charge in [0.2, 0.25) is 11.8 Å². The molecule has 11 heteroatoms. The largest absolute Gasteiger partial charge is 0.354 e. The molecule has 0 radical (unpaired) electrons. The monoisotopic (exact) mass is 667 g/mol. The van der Waals surface area contributed by atoms with Crippen molar-refractivity contribution in [1.82, 2.24) is 10.2 Å². The molecule has 0 aliphatic heterocycles. The highest BCUT2D eigenvalue weighted by Crippen LogP contribution is 2.31. The summed E-state index contributed by atoms with van der Waals surface area (Å²) in [6, 6.07) is 17.2. The van der Waals surface area contributed by atoms with Crippen LogP contribution in [0, 0.1) is 6.92 Å². The first-order chi connectivity index (χ1) is 18.9. The lowest BCUT2D eigenvalue weighted by atomic mass is 10.1. The number of aryl methyl sites for hydroxylation is 1. The molecular weight excluding hydrogens is 637 g/mol. The molecule has 214 valence electrons. The topological polar surface area (TPSA) is 86.8 Å². The molecule has 0 unspecified atom stereocenters. The summed E-state index contributed by atoms with van der Waals surface area (Å²) >= 11 is 15.8. The number of anilines is 1. The standard InChI is InChI=1S/C29H32BrCl2N3O4S/c1-4-5-15-33-29(37)21(3)34(18-22-7-6-8-23(30)16-22)28(36)19-35(24-11-14-26(31)27(32)17-24)40(38,39)25-12-9-20(2)10-13-25/h6-14,16-17,21H,4-5,15,18-19H2,1-3H3,(H,33,37)/t21-/m0/s1. The highest BCUT2D eigenvalue weighted by Gasteiger charge is 2.32. The van der Waals surface area contributed by atoms with Gasteiger partial charge in [0.05, 0.1) is 20.6 Å². The zero-order valence-electron chi connectivity index (χ0n) is 22.5. The number of halogens is 3. The second-order valence-corrected chi connectivity index (χ2v) is 13.0. The highest BCUT2D eigenvalue weighted by molar-refractivity contribution is 9.10. The maximum atomic E-state index is 13.9. The summed E-state index contributed by atoms with van der Waals surface area (Å²) in [6.45, 7) is 5.52. The number of benzene rings is 3. The molecule has 2 amide bonds. The van der Waals surface area contributed by atoms with Crippen LogP contribution in [0.25, 0.3) is 0 Å². The average molecular weight is 669 g/mol. The van der Waals surface area contributed by atoms with Crippen LogP contribution in [0.15, 0.2) is 76.1 Å². The first-order valence-electron chi connectivity index (χ1n) is 12.8. The number of sulfonamides is 1. The molecule has 0 heterocycles. The van der Waals surface area contributed by atoms with Gasteiger partial charge in [-0.2, -0.15) is 0 Å². The number of hydrogen-bond acceptors (Lipinski definition) is 4. The van der Waals surface area contributed by atoms with Crippen LogP contribution in [0.1, 0.15) is 37.8 Å². The minimum Gasteiger partial charge on any atom is -0.354 e. The third kappa shape index (κ3) is 8.22. The van der Waals surface area contributed by atoms with Crippen LogP contribution in [-0.2, 0) is 26.2 Å². The van der Waals surface area contributed by atoms with E-state index in [2.05, 4.69) is 21.2 Å². The lowest BCUT2D eigenvalue weighted by Gasteiger charge is -2.32. The Morgan fingerprint density at radius 2 is 1.70 bits per heavy atom. The smallest absolute Gasteiger partial charge is 0.264 e. The summed E-state index contributed by atoms with van der Waals surface area (Å²) in [5, 5.41) is 3.26.